The van der Waals surface area contributed by atoms with Gasteiger partial charge in [0, 0.05) is 5.56 Å². The molecule has 2 aromatic rings. The molecule has 88 valence electrons. The molecule has 0 aliphatic carbocycles. The fourth-order valence-electron chi connectivity index (χ4n) is 1.93. The highest BCUT2D eigenvalue weighted by Gasteiger charge is 2.12. The van der Waals surface area contributed by atoms with Crippen LogP contribution in [0.2, 0.25) is 0 Å². The maximum Gasteiger partial charge on any atom is 0.185 e. The lowest BCUT2D eigenvalue weighted by molar-refractivity contribution is 0.110. The van der Waals surface area contributed by atoms with Crippen LogP contribution in [-0.2, 0) is 0 Å². The molecule has 0 atom stereocenters. The fourth-order valence-corrected chi connectivity index (χ4v) is 1.93. The first-order chi connectivity index (χ1) is 8.17. The SMILES string of the molecule is COc1cc(C)c(-c2ccoc2C=O)cc1C. The van der Waals surface area contributed by atoms with Crippen molar-refractivity contribution in [2.24, 2.45) is 0 Å². The summed E-state index contributed by atoms with van der Waals surface area (Å²) < 4.78 is 10.4. The third-order valence-corrected chi connectivity index (χ3v) is 2.83. The van der Waals surface area contributed by atoms with Crippen molar-refractivity contribution in [3.05, 3.63) is 41.3 Å². The van der Waals surface area contributed by atoms with Crippen molar-refractivity contribution in [3.8, 4) is 16.9 Å². The lowest BCUT2D eigenvalue weighted by Crippen LogP contribution is -1.92. The van der Waals surface area contributed by atoms with Crippen molar-refractivity contribution < 1.29 is 13.9 Å². The Morgan fingerprint density at radius 1 is 1.18 bits per heavy atom. The minimum absolute atomic E-state index is 0.359. The van der Waals surface area contributed by atoms with Crippen LogP contribution in [0.4, 0.5) is 0 Å². The van der Waals surface area contributed by atoms with Crippen molar-refractivity contribution in [1.82, 2.24) is 0 Å². The van der Waals surface area contributed by atoms with E-state index < -0.39 is 0 Å². The highest BCUT2D eigenvalue weighted by atomic mass is 16.5. The van der Waals surface area contributed by atoms with Crippen LogP contribution in [0.1, 0.15) is 21.7 Å². The summed E-state index contributed by atoms with van der Waals surface area (Å²) in [6.07, 6.45) is 2.26. The maximum atomic E-state index is 10.9. The molecule has 0 aliphatic heterocycles. The molecule has 17 heavy (non-hydrogen) atoms. The van der Waals surface area contributed by atoms with E-state index in [1.807, 2.05) is 26.0 Å². The number of hydrogen-bond acceptors (Lipinski definition) is 3. The molecule has 0 radical (unpaired) electrons. The molecule has 0 spiro atoms. The molecule has 3 nitrogen and oxygen atoms in total. The zero-order chi connectivity index (χ0) is 12.4. The van der Waals surface area contributed by atoms with Gasteiger partial charge in [0.2, 0.25) is 0 Å². The second-order valence-electron chi connectivity index (χ2n) is 3.95. The van der Waals surface area contributed by atoms with Crippen LogP contribution in [0.3, 0.4) is 0 Å². The van der Waals surface area contributed by atoms with E-state index in [0.29, 0.717) is 5.76 Å². The van der Waals surface area contributed by atoms with E-state index in [9.17, 15) is 4.79 Å². The number of aryl methyl sites for hydroxylation is 2. The van der Waals surface area contributed by atoms with Gasteiger partial charge in [0.05, 0.1) is 13.4 Å². The predicted molar refractivity (Wildman–Crippen MR) is 65.6 cm³/mol. The van der Waals surface area contributed by atoms with E-state index in [1.54, 1.807) is 13.2 Å². The van der Waals surface area contributed by atoms with E-state index in [1.165, 1.54) is 6.26 Å². The molecule has 0 fully saturated rings. The maximum absolute atomic E-state index is 10.9. The van der Waals surface area contributed by atoms with Gasteiger partial charge in [0.25, 0.3) is 0 Å². The molecule has 1 aromatic carbocycles. The summed E-state index contributed by atoms with van der Waals surface area (Å²) in [7, 11) is 1.65. The second-order valence-corrected chi connectivity index (χ2v) is 3.95. The van der Waals surface area contributed by atoms with E-state index in [4.69, 9.17) is 9.15 Å². The largest absolute Gasteiger partial charge is 0.496 e. The van der Waals surface area contributed by atoms with Gasteiger partial charge in [-0.3, -0.25) is 4.79 Å². The molecule has 0 N–H and O–H groups in total. The minimum atomic E-state index is 0.359. The number of ether oxygens (including phenoxy) is 1. The fraction of sp³-hybridized carbons (Fsp3) is 0.214. The number of rotatable bonds is 3. The lowest BCUT2D eigenvalue weighted by atomic mass is 9.98. The first kappa shape index (κ1) is 11.5. The first-order valence-electron chi connectivity index (χ1n) is 5.35. The molecule has 2 rings (SSSR count). The zero-order valence-electron chi connectivity index (χ0n) is 10.1. The van der Waals surface area contributed by atoms with Crippen LogP contribution in [-0.4, -0.2) is 13.4 Å². The Kier molecular flexibility index (Phi) is 3.00. The Bertz CT molecular complexity index is 553. The van der Waals surface area contributed by atoms with Gasteiger partial charge >= 0.3 is 0 Å². The monoisotopic (exact) mass is 230 g/mol. The van der Waals surface area contributed by atoms with Crippen molar-refractivity contribution in [1.29, 1.82) is 0 Å². The van der Waals surface area contributed by atoms with E-state index in [0.717, 1.165) is 34.3 Å². The van der Waals surface area contributed by atoms with E-state index in [2.05, 4.69) is 0 Å². The Labute approximate surface area is 100 Å². The molecule has 0 saturated carbocycles. The van der Waals surface area contributed by atoms with Crippen LogP contribution < -0.4 is 4.74 Å². The molecule has 1 heterocycles. The van der Waals surface area contributed by atoms with Gasteiger partial charge in [-0.25, -0.2) is 0 Å². The van der Waals surface area contributed by atoms with Gasteiger partial charge in [-0.15, -0.1) is 0 Å². The normalized spacial score (nSPS) is 10.3. The molecule has 0 aliphatic rings. The average Bonchev–Trinajstić information content (AvgIpc) is 2.79. The van der Waals surface area contributed by atoms with Crippen LogP contribution >= 0.6 is 0 Å². The molecule has 3 heteroatoms. The summed E-state index contributed by atoms with van der Waals surface area (Å²) >= 11 is 0. The number of furan rings is 1. The molecule has 0 bridgehead atoms. The van der Waals surface area contributed by atoms with Crippen LogP contribution in [0.5, 0.6) is 5.75 Å². The Hall–Kier alpha value is -2.03. The number of carbonyl (C=O) groups excluding carboxylic acids is 1. The van der Waals surface area contributed by atoms with Gasteiger partial charge in [0.15, 0.2) is 12.0 Å². The lowest BCUT2D eigenvalue weighted by Gasteiger charge is -2.10. The summed E-state index contributed by atoms with van der Waals surface area (Å²) in [4.78, 5) is 10.9. The smallest absolute Gasteiger partial charge is 0.185 e. The number of aldehydes is 1. The van der Waals surface area contributed by atoms with Crippen LogP contribution in [0.25, 0.3) is 11.1 Å². The third kappa shape index (κ3) is 1.96. The van der Waals surface area contributed by atoms with Crippen LogP contribution in [0, 0.1) is 13.8 Å². The molecular formula is C14H14O3. The zero-order valence-corrected chi connectivity index (χ0v) is 10.1. The van der Waals surface area contributed by atoms with Gasteiger partial charge in [-0.1, -0.05) is 0 Å². The van der Waals surface area contributed by atoms with Crippen molar-refractivity contribution in [2.45, 2.75) is 13.8 Å². The second kappa shape index (κ2) is 4.45. The molecule has 0 amide bonds. The molecule has 0 saturated heterocycles. The summed E-state index contributed by atoms with van der Waals surface area (Å²) in [5.74, 6) is 1.21. The quantitative estimate of drug-likeness (QED) is 0.759. The highest BCUT2D eigenvalue weighted by Crippen LogP contribution is 2.32. The topological polar surface area (TPSA) is 39.4 Å². The van der Waals surface area contributed by atoms with Crippen molar-refractivity contribution in [3.63, 3.8) is 0 Å². The summed E-state index contributed by atoms with van der Waals surface area (Å²) in [6.45, 7) is 3.96. The van der Waals surface area contributed by atoms with Gasteiger partial charge < -0.3 is 9.15 Å². The number of hydrogen-bond donors (Lipinski definition) is 0. The van der Waals surface area contributed by atoms with Gasteiger partial charge in [0.1, 0.15) is 5.75 Å². The van der Waals surface area contributed by atoms with E-state index in [-0.39, 0.29) is 0 Å². The van der Waals surface area contributed by atoms with E-state index >= 15 is 0 Å². The van der Waals surface area contributed by atoms with Gasteiger partial charge in [-0.2, -0.15) is 0 Å². The summed E-state index contributed by atoms with van der Waals surface area (Å²) in [5.41, 5.74) is 3.91. The molecule has 0 unspecified atom stereocenters. The third-order valence-electron chi connectivity index (χ3n) is 2.83. The minimum Gasteiger partial charge on any atom is -0.496 e. The molecule has 1 aromatic heterocycles. The molecular weight excluding hydrogens is 216 g/mol. The average molecular weight is 230 g/mol. The number of benzene rings is 1. The highest BCUT2D eigenvalue weighted by molar-refractivity contribution is 5.85. The number of carbonyl (C=O) groups is 1. The Morgan fingerprint density at radius 2 is 1.94 bits per heavy atom. The Balaban J connectivity index is 2.60. The van der Waals surface area contributed by atoms with Crippen molar-refractivity contribution in [2.75, 3.05) is 7.11 Å². The first-order valence-corrected chi connectivity index (χ1v) is 5.35. The summed E-state index contributed by atoms with van der Waals surface area (Å²) in [6, 6.07) is 5.77. The van der Waals surface area contributed by atoms with Gasteiger partial charge in [-0.05, 0) is 48.7 Å². The number of methoxy groups -OCH3 is 1. The van der Waals surface area contributed by atoms with Crippen LogP contribution in [0.15, 0.2) is 28.9 Å². The standard InChI is InChI=1S/C14H14O3/c1-9-7-13(16-3)10(2)6-12(9)11-4-5-17-14(11)8-15/h4-8H,1-3H3. The predicted octanol–water partition coefficient (Wildman–Crippen LogP) is 3.38. The van der Waals surface area contributed by atoms with Crippen molar-refractivity contribution >= 4 is 6.29 Å². The Morgan fingerprint density at radius 3 is 2.59 bits per heavy atom. The summed E-state index contributed by atoms with van der Waals surface area (Å²) in [5, 5.41) is 0.